The van der Waals surface area contributed by atoms with Crippen LogP contribution < -0.4 is 5.73 Å². The molecule has 0 unspecified atom stereocenters. The maximum atomic E-state index is 6.09. The standard InChI is InChI=1S/C18H26N2O/c1-2-20(14-8-4-3-5-9-14)13-18-16(12-19)15-10-6-7-11-17(15)21-18/h6-7,10-11,14H,2-5,8-9,12-13,19H2,1H3. The average Bonchev–Trinajstić information content (AvgIpc) is 2.90. The molecule has 0 aliphatic heterocycles. The molecule has 1 aromatic heterocycles. The third-order valence-electron chi connectivity index (χ3n) is 4.83. The van der Waals surface area contributed by atoms with E-state index in [0.29, 0.717) is 12.6 Å². The zero-order chi connectivity index (χ0) is 14.7. The fourth-order valence-electron chi connectivity index (χ4n) is 3.63. The van der Waals surface area contributed by atoms with Gasteiger partial charge >= 0.3 is 0 Å². The smallest absolute Gasteiger partial charge is 0.134 e. The summed E-state index contributed by atoms with van der Waals surface area (Å²) >= 11 is 0. The second-order valence-corrected chi connectivity index (χ2v) is 6.06. The molecule has 3 rings (SSSR count). The predicted molar refractivity (Wildman–Crippen MR) is 87.1 cm³/mol. The molecule has 2 aromatic rings. The van der Waals surface area contributed by atoms with E-state index in [2.05, 4.69) is 24.0 Å². The molecule has 0 bridgehead atoms. The van der Waals surface area contributed by atoms with Crippen molar-refractivity contribution in [1.29, 1.82) is 0 Å². The molecule has 21 heavy (non-hydrogen) atoms. The number of hydrogen-bond donors (Lipinski definition) is 1. The summed E-state index contributed by atoms with van der Waals surface area (Å²) in [7, 11) is 0. The van der Waals surface area contributed by atoms with E-state index in [1.54, 1.807) is 0 Å². The van der Waals surface area contributed by atoms with E-state index in [4.69, 9.17) is 10.2 Å². The Kier molecular flexibility index (Phi) is 4.61. The number of furan rings is 1. The van der Waals surface area contributed by atoms with Gasteiger partial charge in [0.1, 0.15) is 11.3 Å². The van der Waals surface area contributed by atoms with Gasteiger partial charge in [-0.25, -0.2) is 0 Å². The number of fused-ring (bicyclic) bond motifs is 1. The van der Waals surface area contributed by atoms with E-state index in [0.717, 1.165) is 24.4 Å². The summed E-state index contributed by atoms with van der Waals surface area (Å²) in [5.74, 6) is 1.06. The highest BCUT2D eigenvalue weighted by Crippen LogP contribution is 2.29. The first kappa shape index (κ1) is 14.6. The molecule has 1 fully saturated rings. The Morgan fingerprint density at radius 2 is 1.95 bits per heavy atom. The first-order valence-electron chi connectivity index (χ1n) is 8.27. The van der Waals surface area contributed by atoms with Gasteiger partial charge in [-0.3, -0.25) is 4.90 Å². The fraction of sp³-hybridized carbons (Fsp3) is 0.556. The lowest BCUT2D eigenvalue weighted by molar-refractivity contribution is 0.146. The monoisotopic (exact) mass is 286 g/mol. The minimum atomic E-state index is 0.550. The summed E-state index contributed by atoms with van der Waals surface area (Å²) in [5, 5.41) is 1.18. The van der Waals surface area contributed by atoms with Crippen LogP contribution in [0.15, 0.2) is 28.7 Å². The Morgan fingerprint density at radius 1 is 1.19 bits per heavy atom. The minimum Gasteiger partial charge on any atom is -0.459 e. The van der Waals surface area contributed by atoms with Gasteiger partial charge in [-0.15, -0.1) is 0 Å². The van der Waals surface area contributed by atoms with Gasteiger partial charge in [0.25, 0.3) is 0 Å². The quantitative estimate of drug-likeness (QED) is 0.901. The summed E-state index contributed by atoms with van der Waals surface area (Å²) < 4.78 is 6.09. The van der Waals surface area contributed by atoms with Gasteiger partial charge in [0.15, 0.2) is 0 Å². The van der Waals surface area contributed by atoms with Crippen molar-refractivity contribution in [3.05, 3.63) is 35.6 Å². The second-order valence-electron chi connectivity index (χ2n) is 6.06. The highest BCUT2D eigenvalue weighted by Gasteiger charge is 2.22. The molecule has 0 radical (unpaired) electrons. The van der Waals surface area contributed by atoms with Crippen molar-refractivity contribution < 1.29 is 4.42 Å². The van der Waals surface area contributed by atoms with Crippen molar-refractivity contribution in [1.82, 2.24) is 4.90 Å². The molecule has 1 heterocycles. The fourth-order valence-corrected chi connectivity index (χ4v) is 3.63. The van der Waals surface area contributed by atoms with Crippen LogP contribution in [0.2, 0.25) is 0 Å². The van der Waals surface area contributed by atoms with Gasteiger partial charge in [0.05, 0.1) is 6.54 Å². The Labute approximate surface area is 127 Å². The summed E-state index contributed by atoms with van der Waals surface area (Å²) in [5.41, 5.74) is 8.12. The van der Waals surface area contributed by atoms with Crippen molar-refractivity contribution in [2.45, 2.75) is 58.2 Å². The van der Waals surface area contributed by atoms with Crippen molar-refractivity contribution in [3.8, 4) is 0 Å². The third kappa shape index (κ3) is 2.99. The largest absolute Gasteiger partial charge is 0.459 e. The SMILES string of the molecule is CCN(Cc1oc2ccccc2c1CN)C1CCCCC1. The van der Waals surface area contributed by atoms with Crippen LogP contribution in [-0.4, -0.2) is 17.5 Å². The summed E-state index contributed by atoms with van der Waals surface area (Å²) in [4.78, 5) is 2.57. The van der Waals surface area contributed by atoms with E-state index < -0.39 is 0 Å². The first-order chi connectivity index (χ1) is 10.3. The van der Waals surface area contributed by atoms with Crippen molar-refractivity contribution >= 4 is 11.0 Å². The number of para-hydroxylation sites is 1. The number of hydrogen-bond acceptors (Lipinski definition) is 3. The van der Waals surface area contributed by atoms with Crippen LogP contribution in [0, 0.1) is 0 Å². The molecule has 0 atom stereocenters. The van der Waals surface area contributed by atoms with Gasteiger partial charge in [0, 0.05) is 23.5 Å². The second kappa shape index (κ2) is 6.63. The van der Waals surface area contributed by atoms with Crippen LogP contribution in [0.3, 0.4) is 0 Å². The van der Waals surface area contributed by atoms with E-state index >= 15 is 0 Å². The zero-order valence-corrected chi connectivity index (χ0v) is 13.0. The molecular formula is C18H26N2O. The first-order valence-corrected chi connectivity index (χ1v) is 8.27. The summed E-state index contributed by atoms with van der Waals surface area (Å²) in [6.45, 7) is 4.77. The Morgan fingerprint density at radius 3 is 2.67 bits per heavy atom. The van der Waals surface area contributed by atoms with Gasteiger partial charge in [-0.05, 0) is 25.5 Å². The predicted octanol–water partition coefficient (Wildman–Crippen LogP) is 4.05. The molecule has 3 nitrogen and oxygen atoms in total. The van der Waals surface area contributed by atoms with Crippen LogP contribution in [0.1, 0.15) is 50.4 Å². The number of benzene rings is 1. The Bertz CT molecular complexity index is 584. The van der Waals surface area contributed by atoms with Crippen LogP contribution >= 0.6 is 0 Å². The van der Waals surface area contributed by atoms with Crippen molar-refractivity contribution in [3.63, 3.8) is 0 Å². The average molecular weight is 286 g/mol. The number of nitrogens with zero attached hydrogens (tertiary/aromatic N) is 1. The number of rotatable bonds is 5. The zero-order valence-electron chi connectivity index (χ0n) is 13.0. The number of nitrogens with two attached hydrogens (primary N) is 1. The Hall–Kier alpha value is -1.32. The normalized spacial score (nSPS) is 16.9. The topological polar surface area (TPSA) is 42.4 Å². The molecule has 0 amide bonds. The van der Waals surface area contributed by atoms with E-state index in [-0.39, 0.29) is 0 Å². The molecule has 3 heteroatoms. The van der Waals surface area contributed by atoms with Gasteiger partial charge < -0.3 is 10.2 Å². The lowest BCUT2D eigenvalue weighted by Gasteiger charge is -2.33. The van der Waals surface area contributed by atoms with Crippen LogP contribution in [0.25, 0.3) is 11.0 Å². The molecule has 1 saturated carbocycles. The molecule has 1 aliphatic carbocycles. The molecular weight excluding hydrogens is 260 g/mol. The van der Waals surface area contributed by atoms with E-state index in [9.17, 15) is 0 Å². The molecule has 0 spiro atoms. The van der Waals surface area contributed by atoms with Crippen LogP contribution in [0.4, 0.5) is 0 Å². The van der Waals surface area contributed by atoms with Gasteiger partial charge in [-0.2, -0.15) is 0 Å². The van der Waals surface area contributed by atoms with Gasteiger partial charge in [0.2, 0.25) is 0 Å². The lowest BCUT2D eigenvalue weighted by atomic mass is 9.94. The highest BCUT2D eigenvalue weighted by molar-refractivity contribution is 5.82. The molecule has 1 aliphatic rings. The van der Waals surface area contributed by atoms with Crippen molar-refractivity contribution in [2.75, 3.05) is 6.54 Å². The highest BCUT2D eigenvalue weighted by atomic mass is 16.3. The van der Waals surface area contributed by atoms with Crippen LogP contribution in [-0.2, 0) is 13.1 Å². The molecule has 0 saturated heterocycles. The molecule has 2 N–H and O–H groups in total. The minimum absolute atomic E-state index is 0.550. The van der Waals surface area contributed by atoms with Crippen LogP contribution in [0.5, 0.6) is 0 Å². The third-order valence-corrected chi connectivity index (χ3v) is 4.83. The van der Waals surface area contributed by atoms with Crippen molar-refractivity contribution in [2.24, 2.45) is 5.73 Å². The van der Waals surface area contributed by atoms with E-state index in [1.165, 1.54) is 43.1 Å². The maximum Gasteiger partial charge on any atom is 0.134 e. The van der Waals surface area contributed by atoms with Gasteiger partial charge in [-0.1, -0.05) is 44.4 Å². The van der Waals surface area contributed by atoms with E-state index in [1.807, 2.05) is 12.1 Å². The summed E-state index contributed by atoms with van der Waals surface area (Å²) in [6, 6.07) is 8.94. The Balaban J connectivity index is 1.85. The summed E-state index contributed by atoms with van der Waals surface area (Å²) in [6.07, 6.45) is 6.78. The maximum absolute atomic E-state index is 6.09. The molecule has 114 valence electrons. The lowest BCUT2D eigenvalue weighted by Crippen LogP contribution is -2.36. The molecule has 1 aromatic carbocycles.